The lowest BCUT2D eigenvalue weighted by atomic mass is 10.1. The van der Waals surface area contributed by atoms with Gasteiger partial charge in [0.15, 0.2) is 0 Å². The number of aromatic nitrogens is 1. The molecule has 0 saturated heterocycles. The van der Waals surface area contributed by atoms with Gasteiger partial charge in [0.2, 0.25) is 0 Å². The molecule has 0 spiro atoms. The van der Waals surface area contributed by atoms with E-state index in [0.717, 1.165) is 16.8 Å². The van der Waals surface area contributed by atoms with Crippen molar-refractivity contribution in [1.29, 1.82) is 0 Å². The minimum atomic E-state index is -3.84. The number of aryl methyl sites for hydroxylation is 3. The first-order chi connectivity index (χ1) is 13.8. The third kappa shape index (κ3) is 5.00. The predicted octanol–water partition coefficient (Wildman–Crippen LogP) is 3.74. The van der Waals surface area contributed by atoms with Crippen LogP contribution in [-0.4, -0.2) is 19.3 Å². The molecular weight excluding hydrogens is 386 g/mol. The summed E-state index contributed by atoms with van der Waals surface area (Å²) in [6, 6.07) is 15.4. The number of carbonyl (C=O) groups excluding carboxylic acids is 1. The highest BCUT2D eigenvalue weighted by Crippen LogP contribution is 2.22. The Balaban J connectivity index is 1.81. The van der Waals surface area contributed by atoms with Gasteiger partial charge in [-0.25, -0.2) is 8.42 Å². The number of benzene rings is 2. The van der Waals surface area contributed by atoms with Gasteiger partial charge in [-0.2, -0.15) is 0 Å². The van der Waals surface area contributed by atoms with Crippen molar-refractivity contribution < 1.29 is 13.2 Å². The maximum absolute atomic E-state index is 12.9. The van der Waals surface area contributed by atoms with Crippen LogP contribution in [0.15, 0.2) is 65.7 Å². The highest BCUT2D eigenvalue weighted by atomic mass is 32.2. The van der Waals surface area contributed by atoms with Gasteiger partial charge in [-0.05, 0) is 73.9 Å². The summed E-state index contributed by atoms with van der Waals surface area (Å²) < 4.78 is 28.4. The Morgan fingerprint density at radius 2 is 1.69 bits per heavy atom. The molecule has 1 amide bonds. The highest BCUT2D eigenvalue weighted by molar-refractivity contribution is 7.92. The zero-order valence-corrected chi connectivity index (χ0v) is 17.4. The van der Waals surface area contributed by atoms with E-state index in [0.29, 0.717) is 11.3 Å². The second-order valence-electron chi connectivity index (χ2n) is 6.89. The number of nitrogens with zero attached hydrogens (tertiary/aromatic N) is 1. The molecule has 29 heavy (non-hydrogen) atoms. The molecule has 0 unspecified atom stereocenters. The topological polar surface area (TPSA) is 88.2 Å². The van der Waals surface area contributed by atoms with Crippen LogP contribution in [-0.2, 0) is 16.6 Å². The summed E-state index contributed by atoms with van der Waals surface area (Å²) in [6.07, 6.45) is 1.65. The van der Waals surface area contributed by atoms with Crippen molar-refractivity contribution in [2.24, 2.45) is 0 Å². The third-order valence-corrected chi connectivity index (χ3v) is 6.18. The van der Waals surface area contributed by atoms with E-state index in [-0.39, 0.29) is 22.9 Å². The SMILES string of the molecule is Cc1ccc(NS(=O)(=O)c2cc(C(=O)NCc3ccccn3)ccc2C)cc1C. The zero-order chi connectivity index (χ0) is 21.0. The minimum absolute atomic E-state index is 0.0706. The van der Waals surface area contributed by atoms with Crippen LogP contribution in [0.5, 0.6) is 0 Å². The van der Waals surface area contributed by atoms with Gasteiger partial charge in [-0.15, -0.1) is 0 Å². The molecule has 7 heteroatoms. The third-order valence-electron chi connectivity index (χ3n) is 4.66. The van der Waals surface area contributed by atoms with Crippen LogP contribution in [0, 0.1) is 20.8 Å². The lowest BCUT2D eigenvalue weighted by Gasteiger charge is -2.13. The summed E-state index contributed by atoms with van der Waals surface area (Å²) in [5.74, 6) is -0.363. The number of rotatable bonds is 6. The second kappa shape index (κ2) is 8.45. The Morgan fingerprint density at radius 1 is 0.931 bits per heavy atom. The van der Waals surface area contributed by atoms with Crippen LogP contribution >= 0.6 is 0 Å². The molecule has 0 saturated carbocycles. The molecule has 0 radical (unpaired) electrons. The van der Waals surface area contributed by atoms with Crippen molar-refractivity contribution >= 4 is 21.6 Å². The van der Waals surface area contributed by atoms with Gasteiger partial charge in [0.05, 0.1) is 17.1 Å². The van der Waals surface area contributed by atoms with Crippen molar-refractivity contribution in [3.63, 3.8) is 0 Å². The first-order valence-corrected chi connectivity index (χ1v) is 10.6. The number of anilines is 1. The zero-order valence-electron chi connectivity index (χ0n) is 16.6. The number of nitrogens with one attached hydrogen (secondary N) is 2. The van der Waals surface area contributed by atoms with Crippen molar-refractivity contribution in [2.45, 2.75) is 32.2 Å². The number of hydrogen-bond acceptors (Lipinski definition) is 4. The van der Waals surface area contributed by atoms with E-state index in [1.165, 1.54) is 6.07 Å². The fourth-order valence-corrected chi connectivity index (χ4v) is 4.14. The normalized spacial score (nSPS) is 11.1. The number of pyridine rings is 1. The Hall–Kier alpha value is -3.19. The van der Waals surface area contributed by atoms with E-state index in [4.69, 9.17) is 0 Å². The summed E-state index contributed by atoms with van der Waals surface area (Å²) in [4.78, 5) is 16.7. The molecule has 0 atom stereocenters. The van der Waals surface area contributed by atoms with Gasteiger partial charge >= 0.3 is 0 Å². The maximum Gasteiger partial charge on any atom is 0.262 e. The Morgan fingerprint density at radius 3 is 2.38 bits per heavy atom. The van der Waals surface area contributed by atoms with E-state index < -0.39 is 10.0 Å². The van der Waals surface area contributed by atoms with Crippen molar-refractivity contribution in [2.75, 3.05) is 4.72 Å². The van der Waals surface area contributed by atoms with Crippen LogP contribution in [0.4, 0.5) is 5.69 Å². The number of carbonyl (C=O) groups is 1. The molecule has 0 aliphatic carbocycles. The van der Waals surface area contributed by atoms with Gasteiger partial charge in [0, 0.05) is 17.4 Å². The standard InChI is InChI=1S/C22H23N3O3S/c1-15-8-10-19(12-17(15)3)25-29(27,28)21-13-18(9-7-16(21)2)22(26)24-14-20-6-4-5-11-23-20/h4-13,25H,14H2,1-3H3,(H,24,26). The fourth-order valence-electron chi connectivity index (χ4n) is 2.82. The molecule has 0 aliphatic rings. The summed E-state index contributed by atoms with van der Waals surface area (Å²) in [7, 11) is -3.84. The van der Waals surface area contributed by atoms with Crippen LogP contribution in [0.2, 0.25) is 0 Å². The molecule has 0 aliphatic heterocycles. The monoisotopic (exact) mass is 409 g/mol. The molecule has 6 nitrogen and oxygen atoms in total. The number of hydrogen-bond donors (Lipinski definition) is 2. The van der Waals surface area contributed by atoms with Gasteiger partial charge in [-0.3, -0.25) is 14.5 Å². The minimum Gasteiger partial charge on any atom is -0.346 e. The highest BCUT2D eigenvalue weighted by Gasteiger charge is 2.19. The molecule has 2 aromatic carbocycles. The fraction of sp³-hybridized carbons (Fsp3) is 0.182. The van der Waals surface area contributed by atoms with E-state index in [9.17, 15) is 13.2 Å². The second-order valence-corrected chi connectivity index (χ2v) is 8.54. The number of amides is 1. The van der Waals surface area contributed by atoms with E-state index >= 15 is 0 Å². The van der Waals surface area contributed by atoms with Gasteiger partial charge < -0.3 is 5.32 Å². The van der Waals surface area contributed by atoms with Crippen LogP contribution in [0.25, 0.3) is 0 Å². The van der Waals surface area contributed by atoms with Gasteiger partial charge in [0.1, 0.15) is 0 Å². The van der Waals surface area contributed by atoms with Crippen LogP contribution in [0.1, 0.15) is 32.7 Å². The molecule has 3 aromatic rings. The lowest BCUT2D eigenvalue weighted by molar-refractivity contribution is 0.0950. The smallest absolute Gasteiger partial charge is 0.262 e. The molecular formula is C22H23N3O3S. The van der Waals surface area contributed by atoms with Crippen LogP contribution in [0.3, 0.4) is 0 Å². The Labute approximate surface area is 171 Å². The van der Waals surface area contributed by atoms with Gasteiger partial charge in [-0.1, -0.05) is 18.2 Å². The molecule has 2 N–H and O–H groups in total. The van der Waals surface area contributed by atoms with E-state index in [2.05, 4.69) is 15.0 Å². The van der Waals surface area contributed by atoms with Crippen molar-refractivity contribution in [3.05, 3.63) is 88.7 Å². The average molecular weight is 410 g/mol. The Kier molecular flexibility index (Phi) is 5.98. The predicted molar refractivity (Wildman–Crippen MR) is 113 cm³/mol. The van der Waals surface area contributed by atoms with E-state index in [1.807, 2.05) is 26.0 Å². The lowest BCUT2D eigenvalue weighted by Crippen LogP contribution is -2.24. The van der Waals surface area contributed by atoms with Crippen LogP contribution < -0.4 is 10.0 Å². The largest absolute Gasteiger partial charge is 0.346 e. The molecule has 0 fully saturated rings. The summed E-state index contributed by atoms with van der Waals surface area (Å²) in [5.41, 5.74) is 4.10. The molecule has 0 bridgehead atoms. The molecule has 3 rings (SSSR count). The molecule has 150 valence electrons. The maximum atomic E-state index is 12.9. The van der Waals surface area contributed by atoms with Crippen molar-refractivity contribution in [3.8, 4) is 0 Å². The molecule has 1 heterocycles. The van der Waals surface area contributed by atoms with Crippen molar-refractivity contribution in [1.82, 2.24) is 10.3 Å². The average Bonchev–Trinajstić information content (AvgIpc) is 2.69. The Bertz CT molecular complexity index is 1140. The summed E-state index contributed by atoms with van der Waals surface area (Å²) >= 11 is 0. The van der Waals surface area contributed by atoms with Gasteiger partial charge in [0.25, 0.3) is 15.9 Å². The summed E-state index contributed by atoms with van der Waals surface area (Å²) in [6.45, 7) is 5.84. The first-order valence-electron chi connectivity index (χ1n) is 9.15. The van der Waals surface area contributed by atoms with E-state index in [1.54, 1.807) is 49.5 Å². The summed E-state index contributed by atoms with van der Waals surface area (Å²) in [5, 5.41) is 2.76. The number of sulfonamides is 1. The quantitative estimate of drug-likeness (QED) is 0.649. The molecule has 1 aromatic heterocycles. The first kappa shape index (κ1) is 20.5.